The molecule has 0 fully saturated rings. The van der Waals surface area contributed by atoms with Gasteiger partial charge in [-0.3, -0.25) is 10.1 Å². The summed E-state index contributed by atoms with van der Waals surface area (Å²) >= 11 is 0. The summed E-state index contributed by atoms with van der Waals surface area (Å²) in [7, 11) is 1.60. The molecule has 0 heterocycles. The highest BCUT2D eigenvalue weighted by Gasteiger charge is 2.09. The van der Waals surface area contributed by atoms with Gasteiger partial charge in [-0.15, -0.1) is 0 Å². The third-order valence-electron chi connectivity index (χ3n) is 3.01. The number of anilines is 1. The molecule has 0 atom stereocenters. The Hall–Kier alpha value is -2.63. The van der Waals surface area contributed by atoms with Crippen molar-refractivity contribution in [2.24, 2.45) is 0 Å². The Morgan fingerprint density at radius 3 is 2.76 bits per heavy atom. The van der Waals surface area contributed by atoms with Crippen molar-refractivity contribution in [3.05, 3.63) is 64.0 Å². The van der Waals surface area contributed by atoms with Crippen molar-refractivity contribution in [2.75, 3.05) is 19.0 Å². The number of nitrogens with one attached hydrogen (secondary N) is 1. The Bertz CT molecular complexity index is 647. The first-order valence-corrected chi connectivity index (χ1v) is 6.41. The van der Waals surface area contributed by atoms with E-state index in [0.29, 0.717) is 18.7 Å². The van der Waals surface area contributed by atoms with Gasteiger partial charge in [-0.2, -0.15) is 0 Å². The van der Waals surface area contributed by atoms with Crippen molar-refractivity contribution < 1.29 is 14.1 Å². The first-order valence-electron chi connectivity index (χ1n) is 6.41. The lowest BCUT2D eigenvalue weighted by Gasteiger charge is -2.10. The number of para-hydroxylation sites is 1. The number of ether oxygens (including phenoxy) is 1. The highest BCUT2D eigenvalue weighted by atomic mass is 19.1. The van der Waals surface area contributed by atoms with Gasteiger partial charge in [-0.25, -0.2) is 4.39 Å². The number of rotatable bonds is 6. The fourth-order valence-corrected chi connectivity index (χ4v) is 2.03. The first-order chi connectivity index (χ1) is 10.1. The molecule has 21 heavy (non-hydrogen) atoms. The standard InChI is InChI=1S/C15H15FN2O3/c1-21-15-5-3-2-4-11(15)6-7-17-13-8-12(16)9-14(10-13)18(19)20/h2-5,8-10,17H,6-7H2,1H3. The monoisotopic (exact) mass is 290 g/mol. The zero-order valence-electron chi connectivity index (χ0n) is 11.5. The fourth-order valence-electron chi connectivity index (χ4n) is 2.03. The van der Waals surface area contributed by atoms with Gasteiger partial charge in [0.25, 0.3) is 5.69 Å². The zero-order chi connectivity index (χ0) is 15.2. The Morgan fingerprint density at radius 1 is 1.29 bits per heavy atom. The Balaban J connectivity index is 2.02. The van der Waals surface area contributed by atoms with Crippen LogP contribution in [0.2, 0.25) is 0 Å². The molecule has 0 saturated carbocycles. The highest BCUT2D eigenvalue weighted by Crippen LogP contribution is 2.21. The molecule has 2 aromatic carbocycles. The molecule has 2 rings (SSSR count). The lowest BCUT2D eigenvalue weighted by molar-refractivity contribution is -0.385. The predicted octanol–water partition coefficient (Wildman–Crippen LogP) is 3.40. The van der Waals surface area contributed by atoms with Gasteiger partial charge >= 0.3 is 0 Å². The predicted molar refractivity (Wildman–Crippen MR) is 78.2 cm³/mol. The van der Waals surface area contributed by atoms with Gasteiger partial charge in [0, 0.05) is 18.3 Å². The lowest BCUT2D eigenvalue weighted by Crippen LogP contribution is -2.06. The summed E-state index contributed by atoms with van der Waals surface area (Å²) in [4.78, 5) is 10.1. The summed E-state index contributed by atoms with van der Waals surface area (Å²) < 4.78 is 18.5. The second-order valence-electron chi connectivity index (χ2n) is 4.44. The summed E-state index contributed by atoms with van der Waals surface area (Å²) in [5.41, 5.74) is 1.13. The molecule has 0 bridgehead atoms. The smallest absolute Gasteiger partial charge is 0.274 e. The van der Waals surface area contributed by atoms with E-state index in [1.807, 2.05) is 24.3 Å². The number of hydrogen-bond acceptors (Lipinski definition) is 4. The number of non-ortho nitro benzene ring substituents is 1. The van der Waals surface area contributed by atoms with Crippen LogP contribution in [0.4, 0.5) is 15.8 Å². The lowest BCUT2D eigenvalue weighted by atomic mass is 10.1. The number of methoxy groups -OCH3 is 1. The molecule has 0 spiro atoms. The molecule has 0 aromatic heterocycles. The normalized spacial score (nSPS) is 10.2. The van der Waals surface area contributed by atoms with Crippen LogP contribution in [0.25, 0.3) is 0 Å². The van der Waals surface area contributed by atoms with Crippen LogP contribution in [-0.4, -0.2) is 18.6 Å². The minimum absolute atomic E-state index is 0.269. The van der Waals surface area contributed by atoms with Crippen molar-refractivity contribution in [3.8, 4) is 5.75 Å². The maximum absolute atomic E-state index is 13.3. The minimum Gasteiger partial charge on any atom is -0.496 e. The van der Waals surface area contributed by atoms with Crippen LogP contribution in [-0.2, 0) is 6.42 Å². The van der Waals surface area contributed by atoms with Crippen LogP contribution in [0.15, 0.2) is 42.5 Å². The molecule has 110 valence electrons. The van der Waals surface area contributed by atoms with Crippen molar-refractivity contribution in [3.63, 3.8) is 0 Å². The molecule has 0 unspecified atom stereocenters. The topological polar surface area (TPSA) is 64.4 Å². The molecule has 2 aromatic rings. The van der Waals surface area contributed by atoms with E-state index < -0.39 is 10.7 Å². The van der Waals surface area contributed by atoms with E-state index in [4.69, 9.17) is 4.74 Å². The SMILES string of the molecule is COc1ccccc1CCNc1cc(F)cc([N+](=O)[O-])c1. The Morgan fingerprint density at radius 2 is 2.05 bits per heavy atom. The third kappa shape index (κ3) is 3.92. The van der Waals surface area contributed by atoms with Crippen molar-refractivity contribution in [1.82, 2.24) is 0 Å². The van der Waals surface area contributed by atoms with Crippen molar-refractivity contribution in [2.45, 2.75) is 6.42 Å². The van der Waals surface area contributed by atoms with Crippen LogP contribution in [0.3, 0.4) is 0 Å². The van der Waals surface area contributed by atoms with Gasteiger partial charge < -0.3 is 10.1 Å². The van der Waals surface area contributed by atoms with E-state index in [1.54, 1.807) is 7.11 Å². The van der Waals surface area contributed by atoms with E-state index in [1.165, 1.54) is 12.1 Å². The third-order valence-corrected chi connectivity index (χ3v) is 3.01. The number of nitro benzene ring substituents is 1. The van der Waals surface area contributed by atoms with E-state index in [9.17, 15) is 14.5 Å². The number of halogens is 1. The van der Waals surface area contributed by atoms with E-state index in [0.717, 1.165) is 17.4 Å². The van der Waals surface area contributed by atoms with E-state index >= 15 is 0 Å². The van der Waals surface area contributed by atoms with Crippen molar-refractivity contribution >= 4 is 11.4 Å². The number of nitrogens with zero attached hydrogens (tertiary/aromatic N) is 1. The van der Waals surface area contributed by atoms with Crippen LogP contribution in [0.1, 0.15) is 5.56 Å². The molecule has 0 aliphatic carbocycles. The van der Waals surface area contributed by atoms with Gasteiger partial charge in [0.15, 0.2) is 0 Å². The highest BCUT2D eigenvalue weighted by molar-refractivity contribution is 5.51. The molecule has 0 saturated heterocycles. The second kappa shape index (κ2) is 6.69. The largest absolute Gasteiger partial charge is 0.496 e. The summed E-state index contributed by atoms with van der Waals surface area (Å²) in [6, 6.07) is 11.0. The average Bonchev–Trinajstić information content (AvgIpc) is 2.47. The maximum Gasteiger partial charge on any atom is 0.274 e. The van der Waals surface area contributed by atoms with Gasteiger partial charge in [0.05, 0.1) is 18.1 Å². The maximum atomic E-state index is 13.3. The molecule has 0 aliphatic heterocycles. The zero-order valence-corrected chi connectivity index (χ0v) is 11.5. The van der Waals surface area contributed by atoms with E-state index in [-0.39, 0.29) is 5.69 Å². The Labute approximate surface area is 121 Å². The summed E-state index contributed by atoms with van der Waals surface area (Å²) in [6.45, 7) is 0.515. The molecule has 5 nitrogen and oxygen atoms in total. The van der Waals surface area contributed by atoms with Gasteiger partial charge in [0.2, 0.25) is 0 Å². The molecular formula is C15H15FN2O3. The molecule has 1 N–H and O–H groups in total. The van der Waals surface area contributed by atoms with Crippen molar-refractivity contribution in [1.29, 1.82) is 0 Å². The van der Waals surface area contributed by atoms with Gasteiger partial charge in [0.1, 0.15) is 11.6 Å². The van der Waals surface area contributed by atoms with Crippen LogP contribution in [0, 0.1) is 15.9 Å². The average molecular weight is 290 g/mol. The summed E-state index contributed by atoms with van der Waals surface area (Å²) in [5, 5.41) is 13.7. The van der Waals surface area contributed by atoms with Crippen LogP contribution < -0.4 is 10.1 Å². The number of benzene rings is 2. The molecule has 6 heteroatoms. The number of nitro groups is 1. The number of hydrogen-bond donors (Lipinski definition) is 1. The molecular weight excluding hydrogens is 275 g/mol. The van der Waals surface area contributed by atoms with Gasteiger partial charge in [-0.05, 0) is 24.1 Å². The molecule has 0 aliphatic rings. The second-order valence-corrected chi connectivity index (χ2v) is 4.44. The van der Waals surface area contributed by atoms with Gasteiger partial charge in [-0.1, -0.05) is 18.2 Å². The van der Waals surface area contributed by atoms with Crippen LogP contribution in [0.5, 0.6) is 5.75 Å². The molecule has 0 radical (unpaired) electrons. The summed E-state index contributed by atoms with van der Waals surface area (Å²) in [6.07, 6.45) is 0.661. The van der Waals surface area contributed by atoms with E-state index in [2.05, 4.69) is 5.32 Å². The quantitative estimate of drug-likeness (QED) is 0.654. The molecule has 0 amide bonds. The fraction of sp³-hybridized carbons (Fsp3) is 0.200. The first kappa shape index (κ1) is 14.8. The van der Waals surface area contributed by atoms with Crippen LogP contribution >= 0.6 is 0 Å². The Kier molecular flexibility index (Phi) is 4.71. The minimum atomic E-state index is -0.635. The summed E-state index contributed by atoms with van der Waals surface area (Å²) in [5.74, 6) is 0.147.